The van der Waals surface area contributed by atoms with Gasteiger partial charge in [-0.2, -0.15) is 0 Å². The number of rotatable bonds is 5. The van der Waals surface area contributed by atoms with Crippen molar-refractivity contribution < 1.29 is 23.9 Å². The van der Waals surface area contributed by atoms with E-state index in [1.54, 1.807) is 18.2 Å². The number of carboxylic acids is 1. The lowest BCUT2D eigenvalue weighted by atomic mass is 9.93. The molecule has 0 radical (unpaired) electrons. The smallest absolute Gasteiger partial charge is 0.334 e. The Morgan fingerprint density at radius 1 is 1.48 bits per heavy atom. The van der Waals surface area contributed by atoms with E-state index in [-0.39, 0.29) is 29.7 Å². The maximum absolute atomic E-state index is 12.2. The second-order valence-electron chi connectivity index (χ2n) is 4.67. The highest BCUT2D eigenvalue weighted by Gasteiger charge is 2.47. The minimum Gasteiger partial charge on any atom is -0.479 e. The average molecular weight is 309 g/mol. The Morgan fingerprint density at radius 3 is 2.81 bits per heavy atom. The third kappa shape index (κ3) is 3.18. The van der Waals surface area contributed by atoms with Gasteiger partial charge in [-0.25, -0.2) is 4.79 Å². The van der Waals surface area contributed by atoms with Gasteiger partial charge in [-0.1, -0.05) is 17.8 Å². The number of hydrogen-bond acceptors (Lipinski definition) is 5. The molecule has 0 spiro atoms. The first kappa shape index (κ1) is 15.4. The second kappa shape index (κ2) is 6.17. The zero-order chi connectivity index (χ0) is 15.5. The predicted molar refractivity (Wildman–Crippen MR) is 76.8 cm³/mol. The van der Waals surface area contributed by atoms with E-state index in [2.05, 4.69) is 0 Å². The second-order valence-corrected chi connectivity index (χ2v) is 5.82. The van der Waals surface area contributed by atoms with Crippen LogP contribution in [0, 0.1) is 0 Å². The molecule has 0 aliphatic carbocycles. The van der Waals surface area contributed by atoms with Gasteiger partial charge in [-0.3, -0.25) is 9.59 Å². The van der Waals surface area contributed by atoms with E-state index < -0.39 is 11.5 Å². The van der Waals surface area contributed by atoms with Crippen LogP contribution in [0.2, 0.25) is 0 Å². The molecule has 0 fully saturated rings. The van der Waals surface area contributed by atoms with Crippen molar-refractivity contribution in [2.24, 2.45) is 0 Å². The first-order valence-electron chi connectivity index (χ1n) is 6.33. The van der Waals surface area contributed by atoms with Crippen LogP contribution in [0.1, 0.15) is 12.7 Å². The van der Waals surface area contributed by atoms with Gasteiger partial charge in [0.2, 0.25) is 5.91 Å². The Balaban J connectivity index is 2.21. The van der Waals surface area contributed by atoms with Crippen LogP contribution in [0.25, 0.3) is 0 Å². The topological polar surface area (TPSA) is 87.8 Å². The third-order valence-corrected chi connectivity index (χ3v) is 4.06. The molecule has 1 atom stereocenters. The quantitative estimate of drug-likeness (QED) is 0.825. The van der Waals surface area contributed by atoms with Crippen LogP contribution in [0.3, 0.4) is 0 Å². The fourth-order valence-corrected chi connectivity index (χ4v) is 2.75. The number of furan rings is 1. The highest BCUT2D eigenvalue weighted by atomic mass is 32.2. The predicted octanol–water partition coefficient (Wildman–Crippen LogP) is 1.32. The number of carboxylic acid groups (broad SMARTS) is 1. The Hall–Kier alpha value is -2.02. The van der Waals surface area contributed by atoms with Crippen molar-refractivity contribution in [1.82, 2.24) is 4.90 Å². The molecule has 2 rings (SSSR count). The van der Waals surface area contributed by atoms with Crippen LogP contribution < -0.4 is 0 Å². The van der Waals surface area contributed by atoms with Gasteiger partial charge in [0.25, 0.3) is 0 Å². The summed E-state index contributed by atoms with van der Waals surface area (Å²) in [6.07, 6.45) is 4.67. The van der Waals surface area contributed by atoms with Gasteiger partial charge >= 0.3 is 5.97 Å². The molecule has 1 aromatic heterocycles. The van der Waals surface area contributed by atoms with Gasteiger partial charge in [-0.05, 0) is 18.2 Å². The Kier molecular flexibility index (Phi) is 4.52. The molecule has 6 nitrogen and oxygen atoms in total. The van der Waals surface area contributed by atoms with Crippen molar-refractivity contribution in [3.8, 4) is 0 Å². The molecule has 21 heavy (non-hydrogen) atoms. The number of thioether (sulfide) groups is 1. The Morgan fingerprint density at radius 2 is 2.24 bits per heavy atom. The van der Waals surface area contributed by atoms with Gasteiger partial charge in [0.05, 0.1) is 12.0 Å². The van der Waals surface area contributed by atoms with Crippen molar-refractivity contribution in [2.75, 3.05) is 12.3 Å². The molecule has 0 saturated carbocycles. The van der Waals surface area contributed by atoms with E-state index in [1.807, 2.05) is 0 Å². The van der Waals surface area contributed by atoms with E-state index in [0.29, 0.717) is 5.76 Å². The monoisotopic (exact) mass is 309 g/mol. The number of carbonyl (C=O) groups is 3. The molecule has 1 N–H and O–H groups in total. The zero-order valence-electron chi connectivity index (χ0n) is 11.4. The summed E-state index contributed by atoms with van der Waals surface area (Å²) in [5, 5.41) is 9.42. The number of carbonyl (C=O) groups excluding carboxylic acids is 2. The molecular formula is C14H15NO5S. The molecule has 1 aliphatic heterocycles. The lowest BCUT2D eigenvalue weighted by molar-refractivity contribution is -0.153. The maximum Gasteiger partial charge on any atom is 0.334 e. The van der Waals surface area contributed by atoms with Crippen molar-refractivity contribution in [3.05, 3.63) is 36.3 Å². The van der Waals surface area contributed by atoms with Crippen LogP contribution in [-0.2, 0) is 20.8 Å². The third-order valence-electron chi connectivity index (χ3n) is 3.26. The minimum atomic E-state index is -1.45. The van der Waals surface area contributed by atoms with E-state index in [4.69, 9.17) is 4.42 Å². The Labute approximate surface area is 125 Å². The molecule has 2 heterocycles. The number of hydrogen-bond donors (Lipinski definition) is 1. The lowest BCUT2D eigenvalue weighted by Crippen LogP contribution is -2.55. The fourth-order valence-electron chi connectivity index (χ4n) is 2.27. The summed E-state index contributed by atoms with van der Waals surface area (Å²) >= 11 is 0.872. The van der Waals surface area contributed by atoms with Gasteiger partial charge in [-0.15, -0.1) is 0 Å². The summed E-state index contributed by atoms with van der Waals surface area (Å²) < 4.78 is 5.20. The standard InChI is InChI=1S/C14H15NO5S/c1-10(16)21-9-12(17)15-6-3-5-14(15,13(18)19)8-11-4-2-7-20-11/h2-5,7H,6,8-9H2,1H3,(H,18,19). The van der Waals surface area contributed by atoms with Crippen molar-refractivity contribution in [3.63, 3.8) is 0 Å². The summed E-state index contributed by atoms with van der Waals surface area (Å²) in [5.41, 5.74) is -1.45. The summed E-state index contributed by atoms with van der Waals surface area (Å²) in [7, 11) is 0. The molecule has 1 unspecified atom stereocenters. The van der Waals surface area contributed by atoms with Crippen molar-refractivity contribution in [1.29, 1.82) is 0 Å². The van der Waals surface area contributed by atoms with E-state index in [0.717, 1.165) is 11.8 Å². The minimum absolute atomic E-state index is 0.0578. The Bertz CT molecular complexity index is 580. The molecule has 1 amide bonds. The van der Waals surface area contributed by atoms with Crippen molar-refractivity contribution in [2.45, 2.75) is 18.9 Å². The number of nitrogens with zero attached hydrogens (tertiary/aromatic N) is 1. The van der Waals surface area contributed by atoms with Gasteiger partial charge in [0.1, 0.15) is 5.76 Å². The lowest BCUT2D eigenvalue weighted by Gasteiger charge is -2.33. The van der Waals surface area contributed by atoms with Gasteiger partial charge in [0.15, 0.2) is 10.7 Å². The SMILES string of the molecule is CC(=O)SCC(=O)N1CC=CC1(Cc1ccco1)C(=O)O. The summed E-state index contributed by atoms with van der Waals surface area (Å²) in [4.78, 5) is 36.2. The molecule has 0 aromatic carbocycles. The maximum atomic E-state index is 12.2. The largest absolute Gasteiger partial charge is 0.479 e. The molecule has 7 heteroatoms. The highest BCUT2D eigenvalue weighted by molar-refractivity contribution is 8.14. The highest BCUT2D eigenvalue weighted by Crippen LogP contribution is 2.29. The van der Waals surface area contributed by atoms with Crippen LogP contribution in [-0.4, -0.2) is 44.8 Å². The van der Waals surface area contributed by atoms with Crippen LogP contribution in [0.5, 0.6) is 0 Å². The first-order valence-corrected chi connectivity index (χ1v) is 7.31. The molecule has 0 saturated heterocycles. The van der Waals surface area contributed by atoms with Crippen LogP contribution in [0.15, 0.2) is 35.0 Å². The van der Waals surface area contributed by atoms with E-state index in [9.17, 15) is 19.5 Å². The van der Waals surface area contributed by atoms with E-state index in [1.165, 1.54) is 24.2 Å². The zero-order valence-corrected chi connectivity index (χ0v) is 12.3. The average Bonchev–Trinajstić information content (AvgIpc) is 3.06. The van der Waals surface area contributed by atoms with Crippen molar-refractivity contribution >= 4 is 28.8 Å². The summed E-state index contributed by atoms with van der Waals surface area (Å²) in [5.74, 6) is -1.08. The summed E-state index contributed by atoms with van der Waals surface area (Å²) in [6, 6.07) is 3.34. The van der Waals surface area contributed by atoms with Crippen LogP contribution in [0.4, 0.5) is 0 Å². The van der Waals surface area contributed by atoms with Gasteiger partial charge < -0.3 is 14.4 Å². The molecule has 112 valence electrons. The van der Waals surface area contributed by atoms with Crippen LogP contribution >= 0.6 is 11.8 Å². The van der Waals surface area contributed by atoms with E-state index >= 15 is 0 Å². The van der Waals surface area contributed by atoms with Gasteiger partial charge in [0, 0.05) is 19.9 Å². The summed E-state index contributed by atoms with van der Waals surface area (Å²) in [6.45, 7) is 1.58. The molecule has 0 bridgehead atoms. The normalized spacial score (nSPS) is 20.7. The fraction of sp³-hybridized carbons (Fsp3) is 0.357. The molecule has 1 aliphatic rings. The number of amides is 1. The molecule has 1 aromatic rings. The number of aliphatic carboxylic acids is 1. The molecular weight excluding hydrogens is 294 g/mol. The first-order chi connectivity index (χ1) is 9.95.